The van der Waals surface area contributed by atoms with Crippen LogP contribution in [0.25, 0.3) is 0 Å². The summed E-state index contributed by atoms with van der Waals surface area (Å²) in [6, 6.07) is -0.359. The zero-order valence-electron chi connectivity index (χ0n) is 9.04. The molecule has 0 aliphatic rings. The van der Waals surface area contributed by atoms with Gasteiger partial charge in [0.25, 0.3) is 0 Å². The Balaban J connectivity index is 4.03. The number of likely N-dealkylation sites (N-methyl/N-ethyl adjacent to an activating group) is 1. The monoisotopic (exact) mass is 201 g/mol. The summed E-state index contributed by atoms with van der Waals surface area (Å²) < 4.78 is 0. The van der Waals surface area contributed by atoms with Crippen LogP contribution in [0.2, 0.25) is 0 Å². The number of carbonyl (C=O) groups excluding carboxylic acids is 2. The molecule has 0 aliphatic heterocycles. The van der Waals surface area contributed by atoms with Crippen molar-refractivity contribution in [2.24, 2.45) is 5.73 Å². The second kappa shape index (κ2) is 6.37. The average molecular weight is 201 g/mol. The van der Waals surface area contributed by atoms with Gasteiger partial charge in [-0.3, -0.25) is 14.9 Å². The van der Waals surface area contributed by atoms with Crippen LogP contribution in [-0.4, -0.2) is 42.4 Å². The van der Waals surface area contributed by atoms with Crippen molar-refractivity contribution in [3.05, 3.63) is 0 Å². The van der Waals surface area contributed by atoms with Crippen LogP contribution >= 0.6 is 0 Å². The highest BCUT2D eigenvalue weighted by Gasteiger charge is 2.17. The van der Waals surface area contributed by atoms with Crippen molar-refractivity contribution >= 4 is 11.8 Å². The molecule has 0 aliphatic carbocycles. The Labute approximate surface area is 84.6 Å². The van der Waals surface area contributed by atoms with E-state index in [0.29, 0.717) is 13.1 Å². The van der Waals surface area contributed by atoms with E-state index in [1.54, 1.807) is 11.8 Å². The molecule has 5 heteroatoms. The van der Waals surface area contributed by atoms with E-state index in [9.17, 15) is 9.59 Å². The van der Waals surface area contributed by atoms with Crippen LogP contribution in [0.1, 0.15) is 20.8 Å². The second-order valence-electron chi connectivity index (χ2n) is 3.08. The van der Waals surface area contributed by atoms with Crippen molar-refractivity contribution in [3.63, 3.8) is 0 Å². The number of primary amides is 1. The summed E-state index contributed by atoms with van der Waals surface area (Å²) in [5.74, 6) is -0.458. The molecule has 0 aromatic heterocycles. The Hall–Kier alpha value is -1.10. The zero-order valence-corrected chi connectivity index (χ0v) is 9.04. The molecule has 1 unspecified atom stereocenters. The van der Waals surface area contributed by atoms with Crippen molar-refractivity contribution in [1.82, 2.24) is 10.2 Å². The minimum atomic E-state index is -0.454. The van der Waals surface area contributed by atoms with Gasteiger partial charge in [0.15, 0.2) is 0 Å². The van der Waals surface area contributed by atoms with Crippen LogP contribution < -0.4 is 11.1 Å². The zero-order chi connectivity index (χ0) is 11.1. The lowest BCUT2D eigenvalue weighted by molar-refractivity contribution is -0.132. The normalized spacial score (nSPS) is 12.2. The van der Waals surface area contributed by atoms with Crippen LogP contribution in [0.4, 0.5) is 0 Å². The van der Waals surface area contributed by atoms with Crippen LogP contribution in [0.3, 0.4) is 0 Å². The number of nitrogens with two attached hydrogens (primary N) is 1. The predicted octanol–water partition coefficient (Wildman–Crippen LogP) is -0.682. The summed E-state index contributed by atoms with van der Waals surface area (Å²) in [6.07, 6.45) is 0. The molecule has 0 bridgehead atoms. The number of carbonyl (C=O) groups is 2. The fourth-order valence-corrected chi connectivity index (χ4v) is 1.15. The van der Waals surface area contributed by atoms with Gasteiger partial charge in [0.2, 0.25) is 11.8 Å². The predicted molar refractivity (Wildman–Crippen MR) is 54.6 cm³/mol. The first-order valence-corrected chi connectivity index (χ1v) is 4.83. The maximum atomic E-state index is 11.6. The van der Waals surface area contributed by atoms with Gasteiger partial charge in [-0.05, 0) is 20.8 Å². The molecule has 5 nitrogen and oxygen atoms in total. The lowest BCUT2D eigenvalue weighted by Gasteiger charge is -2.23. The van der Waals surface area contributed by atoms with Gasteiger partial charge in [0.05, 0.1) is 12.6 Å². The van der Waals surface area contributed by atoms with E-state index >= 15 is 0 Å². The molecule has 0 aromatic carbocycles. The molecular formula is C9H19N3O2. The third kappa shape index (κ3) is 4.23. The number of nitrogens with zero attached hydrogens (tertiary/aromatic N) is 1. The molecule has 82 valence electrons. The highest BCUT2D eigenvalue weighted by molar-refractivity contribution is 5.82. The minimum Gasteiger partial charge on any atom is -0.369 e. The van der Waals surface area contributed by atoms with Gasteiger partial charge in [-0.1, -0.05) is 0 Å². The van der Waals surface area contributed by atoms with Crippen molar-refractivity contribution in [1.29, 1.82) is 0 Å². The van der Waals surface area contributed by atoms with Gasteiger partial charge in [-0.25, -0.2) is 0 Å². The number of rotatable bonds is 6. The van der Waals surface area contributed by atoms with Gasteiger partial charge >= 0.3 is 0 Å². The maximum absolute atomic E-state index is 11.6. The Morgan fingerprint density at radius 2 is 1.86 bits per heavy atom. The lowest BCUT2D eigenvalue weighted by Crippen LogP contribution is -2.46. The van der Waals surface area contributed by atoms with Crippen molar-refractivity contribution in [3.8, 4) is 0 Å². The lowest BCUT2D eigenvalue weighted by atomic mass is 10.3. The first kappa shape index (κ1) is 12.9. The fraction of sp³-hybridized carbons (Fsp3) is 0.778. The number of nitrogens with one attached hydrogen (secondary N) is 1. The highest BCUT2D eigenvalue weighted by atomic mass is 16.2. The molecule has 0 aromatic rings. The topological polar surface area (TPSA) is 75.4 Å². The van der Waals surface area contributed by atoms with Gasteiger partial charge in [-0.2, -0.15) is 0 Å². The molecule has 1 atom stereocenters. The summed E-state index contributed by atoms with van der Waals surface area (Å²) in [5, 5.41) is 2.77. The molecule has 0 rings (SSSR count). The Morgan fingerprint density at radius 3 is 2.21 bits per heavy atom. The largest absolute Gasteiger partial charge is 0.369 e. The Morgan fingerprint density at radius 1 is 1.36 bits per heavy atom. The van der Waals surface area contributed by atoms with Crippen molar-refractivity contribution in [2.45, 2.75) is 26.8 Å². The smallest absolute Gasteiger partial charge is 0.239 e. The third-order valence-electron chi connectivity index (χ3n) is 2.03. The van der Waals surface area contributed by atoms with Crippen LogP contribution in [0, 0.1) is 0 Å². The summed E-state index contributed by atoms with van der Waals surface area (Å²) in [5.41, 5.74) is 4.96. The van der Waals surface area contributed by atoms with E-state index < -0.39 is 5.91 Å². The Kier molecular flexibility index (Phi) is 5.87. The van der Waals surface area contributed by atoms with E-state index in [-0.39, 0.29) is 18.5 Å². The molecule has 0 saturated carbocycles. The van der Waals surface area contributed by atoms with Crippen LogP contribution in [0.5, 0.6) is 0 Å². The van der Waals surface area contributed by atoms with E-state index in [4.69, 9.17) is 5.73 Å². The van der Waals surface area contributed by atoms with Crippen LogP contribution in [-0.2, 0) is 9.59 Å². The SMILES string of the molecule is CCN(CC)C(=O)C(C)NCC(N)=O. The second-order valence-corrected chi connectivity index (χ2v) is 3.08. The molecule has 2 amide bonds. The summed E-state index contributed by atoms with van der Waals surface area (Å²) >= 11 is 0. The molecule has 14 heavy (non-hydrogen) atoms. The molecule has 0 heterocycles. The standard InChI is InChI=1S/C9H19N3O2/c1-4-12(5-2)9(14)7(3)11-6-8(10)13/h7,11H,4-6H2,1-3H3,(H2,10,13). The number of hydrogen-bond donors (Lipinski definition) is 2. The van der Waals surface area contributed by atoms with Crippen molar-refractivity contribution < 1.29 is 9.59 Å². The first-order chi connectivity index (χ1) is 6.52. The Bertz CT molecular complexity index is 202. The number of hydrogen-bond acceptors (Lipinski definition) is 3. The minimum absolute atomic E-state index is 0.00347. The average Bonchev–Trinajstić information content (AvgIpc) is 2.15. The summed E-state index contributed by atoms with van der Waals surface area (Å²) in [4.78, 5) is 23.8. The van der Waals surface area contributed by atoms with E-state index in [1.165, 1.54) is 0 Å². The van der Waals surface area contributed by atoms with E-state index in [1.807, 2.05) is 13.8 Å². The summed E-state index contributed by atoms with van der Waals surface area (Å²) in [6.45, 7) is 6.96. The maximum Gasteiger partial charge on any atom is 0.239 e. The highest BCUT2D eigenvalue weighted by Crippen LogP contribution is 1.93. The van der Waals surface area contributed by atoms with E-state index in [0.717, 1.165) is 0 Å². The quantitative estimate of drug-likeness (QED) is 0.597. The first-order valence-electron chi connectivity index (χ1n) is 4.83. The van der Waals surface area contributed by atoms with Gasteiger partial charge in [-0.15, -0.1) is 0 Å². The fourth-order valence-electron chi connectivity index (χ4n) is 1.15. The third-order valence-corrected chi connectivity index (χ3v) is 2.03. The van der Waals surface area contributed by atoms with Gasteiger partial charge in [0.1, 0.15) is 0 Å². The molecule has 3 N–H and O–H groups in total. The van der Waals surface area contributed by atoms with Gasteiger partial charge < -0.3 is 10.6 Å². The summed E-state index contributed by atoms with van der Waals surface area (Å²) in [7, 11) is 0. The molecule has 0 spiro atoms. The van der Waals surface area contributed by atoms with Gasteiger partial charge in [0, 0.05) is 13.1 Å². The molecule has 0 saturated heterocycles. The molecule has 0 radical (unpaired) electrons. The number of amides is 2. The van der Waals surface area contributed by atoms with Crippen molar-refractivity contribution in [2.75, 3.05) is 19.6 Å². The van der Waals surface area contributed by atoms with Crippen LogP contribution in [0.15, 0.2) is 0 Å². The molecule has 0 fully saturated rings. The van der Waals surface area contributed by atoms with E-state index in [2.05, 4.69) is 5.32 Å². The molecular weight excluding hydrogens is 182 g/mol.